The molecule has 76 valence electrons. The van der Waals surface area contributed by atoms with E-state index in [1.165, 1.54) is 18.3 Å². The highest BCUT2D eigenvalue weighted by Crippen LogP contribution is 2.28. The Labute approximate surface area is 95.3 Å². The third-order valence-corrected chi connectivity index (χ3v) is 2.50. The molecule has 15 heavy (non-hydrogen) atoms. The third-order valence-electron chi connectivity index (χ3n) is 1.99. The van der Waals surface area contributed by atoms with Crippen LogP contribution in [0, 0.1) is 0 Å². The van der Waals surface area contributed by atoms with Gasteiger partial charge in [0.1, 0.15) is 0 Å². The SMILES string of the molecule is O=C(O)c1ccnc2c(Cl)cc(Cl)cc12. The Morgan fingerprint density at radius 1 is 1.33 bits per heavy atom. The zero-order valence-electron chi connectivity index (χ0n) is 7.37. The Morgan fingerprint density at radius 2 is 2.07 bits per heavy atom. The first-order valence-corrected chi connectivity index (χ1v) is 4.82. The predicted molar refractivity (Wildman–Crippen MR) is 58.7 cm³/mol. The number of fused-ring (bicyclic) bond motifs is 1. The summed E-state index contributed by atoms with van der Waals surface area (Å²) in [5.41, 5.74) is 0.588. The van der Waals surface area contributed by atoms with Gasteiger partial charge in [0, 0.05) is 16.6 Å². The van der Waals surface area contributed by atoms with E-state index in [-0.39, 0.29) is 5.56 Å². The van der Waals surface area contributed by atoms with Crippen molar-refractivity contribution in [1.29, 1.82) is 0 Å². The Morgan fingerprint density at radius 3 is 2.73 bits per heavy atom. The quantitative estimate of drug-likeness (QED) is 0.834. The molecule has 0 aliphatic rings. The Bertz CT molecular complexity index is 554. The minimum Gasteiger partial charge on any atom is -0.478 e. The molecule has 0 saturated carbocycles. The molecule has 0 amide bonds. The Hall–Kier alpha value is -1.32. The first-order valence-electron chi connectivity index (χ1n) is 4.06. The first-order chi connectivity index (χ1) is 7.09. The molecule has 0 aliphatic heterocycles. The zero-order valence-corrected chi connectivity index (χ0v) is 8.88. The maximum atomic E-state index is 10.9. The number of nitrogens with zero attached hydrogens (tertiary/aromatic N) is 1. The third kappa shape index (κ3) is 1.76. The van der Waals surface area contributed by atoms with Crippen LogP contribution in [0.25, 0.3) is 10.9 Å². The van der Waals surface area contributed by atoms with E-state index >= 15 is 0 Å². The molecule has 0 fully saturated rings. The lowest BCUT2D eigenvalue weighted by Crippen LogP contribution is -1.98. The fourth-order valence-electron chi connectivity index (χ4n) is 1.37. The van der Waals surface area contributed by atoms with Crippen molar-refractivity contribution in [2.45, 2.75) is 0 Å². The van der Waals surface area contributed by atoms with Gasteiger partial charge in [-0.2, -0.15) is 0 Å². The number of rotatable bonds is 1. The molecule has 1 aromatic carbocycles. The predicted octanol–water partition coefficient (Wildman–Crippen LogP) is 3.24. The van der Waals surface area contributed by atoms with Crippen LogP contribution in [0.1, 0.15) is 10.4 Å². The molecule has 0 unspecified atom stereocenters. The Kier molecular flexibility index (Phi) is 2.50. The topological polar surface area (TPSA) is 50.2 Å². The van der Waals surface area contributed by atoms with Crippen LogP contribution >= 0.6 is 23.2 Å². The van der Waals surface area contributed by atoms with Gasteiger partial charge in [0.25, 0.3) is 0 Å². The van der Waals surface area contributed by atoms with Crippen molar-refractivity contribution >= 4 is 40.1 Å². The van der Waals surface area contributed by atoms with Gasteiger partial charge in [0.15, 0.2) is 0 Å². The van der Waals surface area contributed by atoms with E-state index in [9.17, 15) is 4.79 Å². The van der Waals surface area contributed by atoms with E-state index in [2.05, 4.69) is 4.98 Å². The monoisotopic (exact) mass is 241 g/mol. The van der Waals surface area contributed by atoms with Crippen molar-refractivity contribution in [2.24, 2.45) is 0 Å². The lowest BCUT2D eigenvalue weighted by molar-refractivity contribution is 0.0699. The molecule has 0 saturated heterocycles. The summed E-state index contributed by atoms with van der Waals surface area (Å²) in [4.78, 5) is 14.9. The number of carboxylic acid groups (broad SMARTS) is 1. The Balaban J connectivity index is 2.91. The molecule has 0 atom stereocenters. The lowest BCUT2D eigenvalue weighted by Gasteiger charge is -2.03. The highest BCUT2D eigenvalue weighted by Gasteiger charge is 2.11. The molecule has 0 bridgehead atoms. The van der Waals surface area contributed by atoms with Gasteiger partial charge in [-0.15, -0.1) is 0 Å². The highest BCUT2D eigenvalue weighted by atomic mass is 35.5. The summed E-state index contributed by atoms with van der Waals surface area (Å²) in [5, 5.41) is 10.1. The van der Waals surface area contributed by atoms with E-state index in [1.54, 1.807) is 6.07 Å². The van der Waals surface area contributed by atoms with Crippen LogP contribution in [-0.2, 0) is 0 Å². The number of carbonyl (C=O) groups is 1. The van der Waals surface area contributed by atoms with Crippen LogP contribution in [0.3, 0.4) is 0 Å². The summed E-state index contributed by atoms with van der Waals surface area (Å²) in [6.07, 6.45) is 1.41. The van der Waals surface area contributed by atoms with Crippen LogP contribution in [0.4, 0.5) is 0 Å². The van der Waals surface area contributed by atoms with Crippen molar-refractivity contribution in [3.63, 3.8) is 0 Å². The normalized spacial score (nSPS) is 10.5. The molecule has 2 aromatic rings. The summed E-state index contributed by atoms with van der Waals surface area (Å²) >= 11 is 11.7. The van der Waals surface area contributed by atoms with Crippen LogP contribution in [0.15, 0.2) is 24.4 Å². The summed E-state index contributed by atoms with van der Waals surface area (Å²) in [6.45, 7) is 0. The number of carboxylic acids is 1. The number of aromatic carboxylic acids is 1. The number of pyridine rings is 1. The van der Waals surface area contributed by atoms with Gasteiger partial charge in [-0.25, -0.2) is 4.79 Å². The van der Waals surface area contributed by atoms with Crippen molar-refractivity contribution in [3.05, 3.63) is 40.0 Å². The lowest BCUT2D eigenvalue weighted by atomic mass is 10.1. The number of benzene rings is 1. The van der Waals surface area contributed by atoms with E-state index in [4.69, 9.17) is 28.3 Å². The molecule has 5 heteroatoms. The molecule has 3 nitrogen and oxygen atoms in total. The van der Waals surface area contributed by atoms with Crippen LogP contribution < -0.4 is 0 Å². The van der Waals surface area contributed by atoms with Crippen molar-refractivity contribution in [2.75, 3.05) is 0 Å². The van der Waals surface area contributed by atoms with Gasteiger partial charge in [-0.3, -0.25) is 4.98 Å². The summed E-state index contributed by atoms with van der Waals surface area (Å²) in [5.74, 6) is -1.03. The van der Waals surface area contributed by atoms with E-state index in [0.29, 0.717) is 20.9 Å². The fraction of sp³-hybridized carbons (Fsp3) is 0. The molecule has 0 radical (unpaired) electrons. The standard InChI is InChI=1S/C10H5Cl2NO2/c11-5-3-7-6(10(14)15)1-2-13-9(7)8(12)4-5/h1-4H,(H,14,15). The molecular formula is C10H5Cl2NO2. The second kappa shape index (κ2) is 3.68. The average Bonchev–Trinajstić information content (AvgIpc) is 2.16. The number of halogens is 2. The van der Waals surface area contributed by atoms with Gasteiger partial charge in [0.2, 0.25) is 0 Å². The summed E-state index contributed by atoms with van der Waals surface area (Å²) in [7, 11) is 0. The van der Waals surface area contributed by atoms with Gasteiger partial charge in [-0.05, 0) is 18.2 Å². The van der Waals surface area contributed by atoms with Crippen LogP contribution in [0.5, 0.6) is 0 Å². The van der Waals surface area contributed by atoms with E-state index in [0.717, 1.165) is 0 Å². The van der Waals surface area contributed by atoms with Gasteiger partial charge >= 0.3 is 5.97 Å². The van der Waals surface area contributed by atoms with Gasteiger partial charge in [-0.1, -0.05) is 23.2 Å². The maximum absolute atomic E-state index is 10.9. The fourth-order valence-corrected chi connectivity index (χ4v) is 1.91. The molecule has 0 spiro atoms. The number of hydrogen-bond donors (Lipinski definition) is 1. The second-order valence-electron chi connectivity index (χ2n) is 2.95. The van der Waals surface area contributed by atoms with E-state index < -0.39 is 5.97 Å². The largest absolute Gasteiger partial charge is 0.478 e. The molecule has 2 rings (SSSR count). The summed E-state index contributed by atoms with van der Waals surface area (Å²) < 4.78 is 0. The van der Waals surface area contributed by atoms with Gasteiger partial charge in [0.05, 0.1) is 16.1 Å². The summed E-state index contributed by atoms with van der Waals surface area (Å²) in [6, 6.07) is 4.49. The van der Waals surface area contributed by atoms with Crippen molar-refractivity contribution < 1.29 is 9.90 Å². The molecule has 1 N–H and O–H groups in total. The van der Waals surface area contributed by atoms with E-state index in [1.807, 2.05) is 0 Å². The highest BCUT2D eigenvalue weighted by molar-refractivity contribution is 6.38. The smallest absolute Gasteiger partial charge is 0.336 e. The van der Waals surface area contributed by atoms with Crippen molar-refractivity contribution in [1.82, 2.24) is 4.98 Å². The zero-order chi connectivity index (χ0) is 11.0. The molecular weight excluding hydrogens is 237 g/mol. The minimum atomic E-state index is -1.03. The van der Waals surface area contributed by atoms with Crippen LogP contribution in [-0.4, -0.2) is 16.1 Å². The molecule has 0 aliphatic carbocycles. The first kappa shape index (κ1) is 10.2. The number of aromatic nitrogens is 1. The van der Waals surface area contributed by atoms with Crippen molar-refractivity contribution in [3.8, 4) is 0 Å². The average molecular weight is 242 g/mol. The minimum absolute atomic E-state index is 0.143. The van der Waals surface area contributed by atoms with Crippen LogP contribution in [0.2, 0.25) is 10.0 Å². The molecule has 1 aromatic heterocycles. The molecule has 1 heterocycles. The maximum Gasteiger partial charge on any atom is 0.336 e. The second-order valence-corrected chi connectivity index (χ2v) is 3.79. The van der Waals surface area contributed by atoms with Gasteiger partial charge < -0.3 is 5.11 Å². The number of hydrogen-bond acceptors (Lipinski definition) is 2.